The number of likely N-dealkylation sites (tertiary alicyclic amines) is 2. The molecule has 0 bridgehead atoms. The second-order valence-corrected chi connectivity index (χ2v) is 10.9. The lowest BCUT2D eigenvalue weighted by Crippen LogP contribution is -2.51. The topological polar surface area (TPSA) is 39.7 Å². The Balaban J connectivity index is 1.18. The number of fused-ring (bicyclic) bond motifs is 1. The van der Waals surface area contributed by atoms with Gasteiger partial charge >= 0.3 is 6.03 Å². The summed E-state index contributed by atoms with van der Waals surface area (Å²) in [5.41, 5.74) is 3.98. The van der Waals surface area contributed by atoms with Crippen LogP contribution in [0.5, 0.6) is 0 Å². The first kappa shape index (κ1) is 22.3. The molecule has 0 radical (unpaired) electrons. The molecule has 2 aromatic rings. The summed E-state index contributed by atoms with van der Waals surface area (Å²) in [6, 6.07) is 11.3. The van der Waals surface area contributed by atoms with Crippen LogP contribution in [0.2, 0.25) is 0 Å². The predicted molar refractivity (Wildman–Crippen MR) is 129 cm³/mol. The van der Waals surface area contributed by atoms with Gasteiger partial charge in [0.1, 0.15) is 5.82 Å². The molecule has 0 unspecified atom stereocenters. The molecule has 3 aliphatic heterocycles. The fourth-order valence-corrected chi connectivity index (χ4v) is 5.89. The van der Waals surface area contributed by atoms with Crippen LogP contribution in [0.1, 0.15) is 56.5 Å². The van der Waals surface area contributed by atoms with Crippen molar-refractivity contribution in [3.63, 3.8) is 0 Å². The largest absolute Gasteiger partial charge is 0.324 e. The number of pyridine rings is 1. The minimum absolute atomic E-state index is 0.110. The molecule has 0 atom stereocenters. The minimum atomic E-state index is -0.126. The zero-order valence-electron chi connectivity index (χ0n) is 20.1. The highest BCUT2D eigenvalue weighted by Gasteiger charge is 2.43. The van der Waals surface area contributed by atoms with Crippen LogP contribution < -0.4 is 4.90 Å². The van der Waals surface area contributed by atoms with Crippen LogP contribution >= 0.6 is 0 Å². The molecule has 176 valence electrons. The van der Waals surface area contributed by atoms with Gasteiger partial charge in [-0.1, -0.05) is 32.0 Å². The highest BCUT2D eigenvalue weighted by Crippen LogP contribution is 2.43. The maximum absolute atomic E-state index is 14.0. The molecule has 0 N–H and O–H groups in total. The molecule has 2 amide bonds. The smallest absolute Gasteiger partial charge is 0.324 e. The number of benzene rings is 1. The molecule has 1 aromatic heterocycles. The highest BCUT2D eigenvalue weighted by molar-refractivity contribution is 5.94. The Hall–Kier alpha value is -2.47. The zero-order valence-corrected chi connectivity index (χ0v) is 20.1. The third-order valence-corrected chi connectivity index (χ3v) is 8.09. The van der Waals surface area contributed by atoms with Crippen LogP contribution in [0.4, 0.5) is 14.9 Å². The summed E-state index contributed by atoms with van der Waals surface area (Å²) < 4.78 is 14.0. The van der Waals surface area contributed by atoms with Crippen molar-refractivity contribution >= 4 is 11.7 Å². The number of hydrogen-bond donors (Lipinski definition) is 0. The van der Waals surface area contributed by atoms with E-state index in [9.17, 15) is 9.18 Å². The van der Waals surface area contributed by atoms with Gasteiger partial charge in [-0.15, -0.1) is 0 Å². The molecule has 6 heteroatoms. The molecular formula is C27H35FN4O. The average molecular weight is 451 g/mol. The molecule has 0 saturated carbocycles. The number of rotatable bonds is 2. The summed E-state index contributed by atoms with van der Waals surface area (Å²) in [6.07, 6.45) is 4.38. The fraction of sp³-hybridized carbons (Fsp3) is 0.556. The number of piperidine rings is 2. The Labute approximate surface area is 196 Å². The highest BCUT2D eigenvalue weighted by atomic mass is 19.1. The van der Waals surface area contributed by atoms with E-state index in [-0.39, 0.29) is 17.3 Å². The average Bonchev–Trinajstić information content (AvgIpc) is 3.07. The molecule has 33 heavy (non-hydrogen) atoms. The van der Waals surface area contributed by atoms with Gasteiger partial charge in [-0.3, -0.25) is 14.8 Å². The third-order valence-electron chi connectivity index (χ3n) is 8.09. The van der Waals surface area contributed by atoms with Crippen LogP contribution in [0.15, 0.2) is 36.4 Å². The van der Waals surface area contributed by atoms with Crippen molar-refractivity contribution in [3.05, 3.63) is 59.2 Å². The summed E-state index contributed by atoms with van der Waals surface area (Å²) in [6.45, 7) is 11.4. The van der Waals surface area contributed by atoms with Gasteiger partial charge in [0.25, 0.3) is 0 Å². The Bertz CT molecular complexity index is 1030. The van der Waals surface area contributed by atoms with Crippen molar-refractivity contribution in [2.24, 2.45) is 5.41 Å². The lowest BCUT2D eigenvalue weighted by atomic mass is 9.71. The number of aryl methyl sites for hydroxylation is 1. The zero-order chi connectivity index (χ0) is 23.2. The summed E-state index contributed by atoms with van der Waals surface area (Å²) >= 11 is 0. The quantitative estimate of drug-likeness (QED) is 0.637. The molecule has 2 fully saturated rings. The molecule has 3 aliphatic rings. The fourth-order valence-electron chi connectivity index (χ4n) is 5.89. The van der Waals surface area contributed by atoms with Gasteiger partial charge in [-0.2, -0.15) is 0 Å². The second kappa shape index (κ2) is 8.39. The number of hydrogen-bond acceptors (Lipinski definition) is 3. The van der Waals surface area contributed by atoms with Crippen LogP contribution in [0.25, 0.3) is 0 Å². The van der Waals surface area contributed by atoms with Crippen LogP contribution in [-0.2, 0) is 12.0 Å². The maximum atomic E-state index is 14.0. The van der Waals surface area contributed by atoms with Gasteiger partial charge in [-0.25, -0.2) is 9.18 Å². The minimum Gasteiger partial charge on any atom is -0.324 e. The monoisotopic (exact) mass is 450 g/mol. The van der Waals surface area contributed by atoms with Crippen molar-refractivity contribution in [2.45, 2.75) is 58.4 Å². The molecule has 1 spiro atoms. The third kappa shape index (κ3) is 4.25. The number of carbonyl (C=O) groups excluding carboxylic acids is 1. The standard InChI is InChI=1S/C27H35FN4O/c1-20-8-9-23-24(29-20)26(2,3)19-32(23)25(33)31-16-12-27(13-17-31)10-14-30(15-11-27)18-21-6-4-5-7-22(21)28/h4-9H,10-19H2,1-3H3. The number of carbonyl (C=O) groups is 1. The lowest BCUT2D eigenvalue weighted by Gasteiger charge is -2.47. The Morgan fingerprint density at radius 2 is 1.67 bits per heavy atom. The van der Waals surface area contributed by atoms with Crippen LogP contribution in [-0.4, -0.2) is 53.5 Å². The molecule has 2 saturated heterocycles. The Morgan fingerprint density at radius 3 is 2.36 bits per heavy atom. The van der Waals surface area contributed by atoms with Crippen LogP contribution in [0.3, 0.4) is 0 Å². The summed E-state index contributed by atoms with van der Waals surface area (Å²) in [4.78, 5) is 24.6. The first-order valence-corrected chi connectivity index (χ1v) is 12.3. The van der Waals surface area contributed by atoms with Crippen molar-refractivity contribution in [1.29, 1.82) is 0 Å². The summed E-state index contributed by atoms with van der Waals surface area (Å²) in [5.74, 6) is -0.110. The molecule has 5 nitrogen and oxygen atoms in total. The first-order valence-electron chi connectivity index (χ1n) is 12.3. The van der Waals surface area contributed by atoms with Crippen molar-refractivity contribution in [1.82, 2.24) is 14.8 Å². The SMILES string of the molecule is Cc1ccc2c(n1)C(C)(C)CN2C(=O)N1CCC2(CCN(Cc3ccccc3F)CC2)CC1. The van der Waals surface area contributed by atoms with E-state index in [0.717, 1.165) is 74.5 Å². The van der Waals surface area contributed by atoms with E-state index in [0.29, 0.717) is 18.5 Å². The molecule has 1 aromatic carbocycles. The maximum Gasteiger partial charge on any atom is 0.324 e. The number of urea groups is 1. The number of anilines is 1. The van der Waals surface area contributed by atoms with Gasteiger partial charge < -0.3 is 4.90 Å². The van der Waals surface area contributed by atoms with E-state index in [2.05, 4.69) is 24.8 Å². The van der Waals surface area contributed by atoms with Gasteiger partial charge in [0.2, 0.25) is 0 Å². The van der Waals surface area contributed by atoms with Crippen molar-refractivity contribution in [3.8, 4) is 0 Å². The predicted octanol–water partition coefficient (Wildman–Crippen LogP) is 5.12. The second-order valence-electron chi connectivity index (χ2n) is 10.9. The number of aromatic nitrogens is 1. The van der Waals surface area contributed by atoms with Gasteiger partial charge in [0, 0.05) is 42.9 Å². The van der Waals surface area contributed by atoms with E-state index in [1.165, 1.54) is 0 Å². The molecular weight excluding hydrogens is 415 g/mol. The molecule has 0 aliphatic carbocycles. The van der Waals surface area contributed by atoms with Crippen molar-refractivity contribution in [2.75, 3.05) is 37.6 Å². The Morgan fingerprint density at radius 1 is 1.00 bits per heavy atom. The van der Waals surface area contributed by atoms with E-state index in [1.54, 1.807) is 12.1 Å². The number of halogens is 1. The van der Waals surface area contributed by atoms with Gasteiger partial charge in [0.15, 0.2) is 0 Å². The van der Waals surface area contributed by atoms with E-state index in [4.69, 9.17) is 4.98 Å². The van der Waals surface area contributed by atoms with E-state index in [1.807, 2.05) is 34.9 Å². The van der Waals surface area contributed by atoms with Gasteiger partial charge in [-0.05, 0) is 69.3 Å². The van der Waals surface area contributed by atoms with Crippen LogP contribution in [0, 0.1) is 18.2 Å². The molecule has 5 rings (SSSR count). The normalized spacial score (nSPS) is 21.9. The summed E-state index contributed by atoms with van der Waals surface area (Å²) in [5, 5.41) is 0. The summed E-state index contributed by atoms with van der Waals surface area (Å²) in [7, 11) is 0. The molecule has 4 heterocycles. The Kier molecular flexibility index (Phi) is 5.68. The number of nitrogens with zero attached hydrogens (tertiary/aromatic N) is 4. The van der Waals surface area contributed by atoms with E-state index >= 15 is 0 Å². The lowest BCUT2D eigenvalue weighted by molar-refractivity contribution is 0.0430. The van der Waals surface area contributed by atoms with E-state index < -0.39 is 0 Å². The first-order chi connectivity index (χ1) is 15.8. The van der Waals surface area contributed by atoms with Crippen molar-refractivity contribution < 1.29 is 9.18 Å². The number of amides is 2. The van der Waals surface area contributed by atoms with Gasteiger partial charge in [0.05, 0.1) is 11.4 Å².